The van der Waals surface area contributed by atoms with Crippen LogP contribution in [0.3, 0.4) is 0 Å². The third-order valence-electron chi connectivity index (χ3n) is 1.95. The Morgan fingerprint density at radius 1 is 1.07 bits per heavy atom. The lowest BCUT2D eigenvalue weighted by atomic mass is 10.1. The van der Waals surface area contributed by atoms with Gasteiger partial charge in [0, 0.05) is 8.95 Å². The summed E-state index contributed by atoms with van der Waals surface area (Å²) in [6, 6.07) is 17.2. The van der Waals surface area contributed by atoms with Crippen LogP contribution >= 0.6 is 31.9 Å². The third kappa shape index (κ3) is 2.07. The van der Waals surface area contributed by atoms with E-state index in [0.717, 1.165) is 8.95 Å². The van der Waals surface area contributed by atoms with Gasteiger partial charge in [-0.25, -0.2) is 0 Å². The summed E-state index contributed by atoms with van der Waals surface area (Å²) in [6.07, 6.45) is 0. The van der Waals surface area contributed by atoms with E-state index in [-0.39, 0.29) is 0 Å². The molecule has 2 heteroatoms. The molecule has 0 aliphatic rings. The first-order valence-corrected chi connectivity index (χ1v) is 5.77. The van der Waals surface area contributed by atoms with Crippen LogP contribution in [0, 0.1) is 6.07 Å². The molecule has 0 amide bonds. The highest BCUT2D eigenvalue weighted by atomic mass is 79.9. The molecule has 0 N–H and O–H groups in total. The third-order valence-corrected chi connectivity index (χ3v) is 3.10. The van der Waals surface area contributed by atoms with Gasteiger partial charge in [-0.05, 0) is 35.4 Å². The van der Waals surface area contributed by atoms with Gasteiger partial charge in [0.2, 0.25) is 0 Å². The van der Waals surface area contributed by atoms with Crippen molar-refractivity contribution in [2.24, 2.45) is 0 Å². The first-order valence-electron chi connectivity index (χ1n) is 4.19. The molecule has 2 aromatic rings. The summed E-state index contributed by atoms with van der Waals surface area (Å²) < 4.78 is 2.17. The minimum Gasteiger partial charge on any atom is -0.0610 e. The van der Waals surface area contributed by atoms with E-state index in [4.69, 9.17) is 0 Å². The minimum absolute atomic E-state index is 1.08. The van der Waals surface area contributed by atoms with E-state index in [1.54, 1.807) is 0 Å². The molecule has 0 spiro atoms. The van der Waals surface area contributed by atoms with Gasteiger partial charge in [-0.1, -0.05) is 56.1 Å². The maximum Gasteiger partial charge on any atom is 0.0264 e. The van der Waals surface area contributed by atoms with Gasteiger partial charge in [-0.2, -0.15) is 0 Å². The summed E-state index contributed by atoms with van der Waals surface area (Å²) in [5.74, 6) is 0. The smallest absolute Gasteiger partial charge is 0.0264 e. The fraction of sp³-hybridized carbons (Fsp3) is 0. The van der Waals surface area contributed by atoms with E-state index in [9.17, 15) is 0 Å². The molecule has 2 rings (SSSR count). The molecule has 0 nitrogen and oxygen atoms in total. The first-order chi connectivity index (χ1) is 6.77. The largest absolute Gasteiger partial charge is 0.0610 e. The van der Waals surface area contributed by atoms with Gasteiger partial charge in [-0.15, -0.1) is 0 Å². The maximum atomic E-state index is 3.54. The molecule has 0 aliphatic carbocycles. The molecule has 0 unspecified atom stereocenters. The summed E-state index contributed by atoms with van der Waals surface area (Å²) in [7, 11) is 0. The van der Waals surface area contributed by atoms with Gasteiger partial charge in [0.15, 0.2) is 0 Å². The zero-order valence-electron chi connectivity index (χ0n) is 7.30. The van der Waals surface area contributed by atoms with Gasteiger partial charge < -0.3 is 0 Å². The van der Waals surface area contributed by atoms with Crippen LogP contribution in [-0.4, -0.2) is 0 Å². The van der Waals surface area contributed by atoms with Crippen molar-refractivity contribution >= 4 is 31.9 Å². The number of benzene rings is 2. The van der Waals surface area contributed by atoms with Crippen LogP contribution in [0.1, 0.15) is 0 Å². The fourth-order valence-corrected chi connectivity index (χ4v) is 2.56. The van der Waals surface area contributed by atoms with E-state index in [2.05, 4.69) is 50.1 Å². The molecule has 14 heavy (non-hydrogen) atoms. The molecule has 1 radical (unpaired) electrons. The van der Waals surface area contributed by atoms with Crippen LogP contribution in [0.5, 0.6) is 0 Å². The molecule has 69 valence electrons. The number of hydrogen-bond donors (Lipinski definition) is 0. The van der Waals surface area contributed by atoms with Crippen molar-refractivity contribution in [3.05, 3.63) is 57.5 Å². The van der Waals surface area contributed by atoms with Crippen molar-refractivity contribution in [1.82, 2.24) is 0 Å². The Bertz CT molecular complexity index is 435. The lowest BCUT2D eigenvalue weighted by Gasteiger charge is -2.04. The Balaban J connectivity index is 2.53. The second-order valence-electron chi connectivity index (χ2n) is 2.92. The molecule has 2 aromatic carbocycles. The van der Waals surface area contributed by atoms with E-state index in [1.807, 2.05) is 30.3 Å². The summed E-state index contributed by atoms with van der Waals surface area (Å²) in [6.45, 7) is 0. The average molecular weight is 311 g/mol. The van der Waals surface area contributed by atoms with Crippen molar-refractivity contribution in [1.29, 1.82) is 0 Å². The molecule has 0 heterocycles. The van der Waals surface area contributed by atoms with Crippen LogP contribution in [0.2, 0.25) is 0 Å². The van der Waals surface area contributed by atoms with Crippen molar-refractivity contribution in [3.63, 3.8) is 0 Å². The first kappa shape index (κ1) is 9.94. The van der Waals surface area contributed by atoms with Crippen molar-refractivity contribution in [2.75, 3.05) is 0 Å². The van der Waals surface area contributed by atoms with E-state index < -0.39 is 0 Å². The molecule has 0 saturated carbocycles. The molecular weight excluding hydrogens is 304 g/mol. The fourth-order valence-electron chi connectivity index (χ4n) is 1.28. The molecule has 0 bridgehead atoms. The number of hydrogen-bond acceptors (Lipinski definition) is 0. The number of halogens is 2. The predicted molar refractivity (Wildman–Crippen MR) is 66.1 cm³/mol. The van der Waals surface area contributed by atoms with Crippen LogP contribution in [0.25, 0.3) is 11.1 Å². The molecule has 0 saturated heterocycles. The zero-order valence-corrected chi connectivity index (χ0v) is 10.5. The van der Waals surface area contributed by atoms with E-state index in [0.29, 0.717) is 0 Å². The highest BCUT2D eigenvalue weighted by Crippen LogP contribution is 2.30. The Morgan fingerprint density at radius 3 is 2.57 bits per heavy atom. The molecule has 0 fully saturated rings. The summed E-state index contributed by atoms with van der Waals surface area (Å²) in [4.78, 5) is 0. The van der Waals surface area contributed by atoms with Crippen molar-refractivity contribution in [3.8, 4) is 11.1 Å². The Kier molecular flexibility index (Phi) is 3.04. The van der Waals surface area contributed by atoms with Crippen LogP contribution in [-0.2, 0) is 0 Å². The summed E-state index contributed by atoms with van der Waals surface area (Å²) in [5.41, 5.74) is 2.36. The van der Waals surface area contributed by atoms with E-state index >= 15 is 0 Å². The minimum atomic E-state index is 1.08. The monoisotopic (exact) mass is 309 g/mol. The average Bonchev–Trinajstić information content (AvgIpc) is 2.19. The van der Waals surface area contributed by atoms with Gasteiger partial charge in [-0.3, -0.25) is 0 Å². The second kappa shape index (κ2) is 4.28. The molecular formula is C12H7Br2. The second-order valence-corrected chi connectivity index (χ2v) is 4.69. The molecule has 0 aromatic heterocycles. The van der Waals surface area contributed by atoms with Gasteiger partial charge in [0.1, 0.15) is 0 Å². The van der Waals surface area contributed by atoms with Crippen LogP contribution < -0.4 is 0 Å². The predicted octanol–water partition coefficient (Wildman–Crippen LogP) is 4.68. The van der Waals surface area contributed by atoms with Crippen molar-refractivity contribution < 1.29 is 0 Å². The lowest BCUT2D eigenvalue weighted by molar-refractivity contribution is 1.55. The normalized spacial score (nSPS) is 10.1. The standard InChI is InChI=1S/C12H7Br2/c13-10-6-7-11(12(14)8-10)9-4-2-1-3-5-9/h1-2,4-8H. The molecule has 0 aliphatic heterocycles. The summed E-state index contributed by atoms with van der Waals surface area (Å²) >= 11 is 6.97. The van der Waals surface area contributed by atoms with Gasteiger partial charge in [0.05, 0.1) is 0 Å². The highest BCUT2D eigenvalue weighted by Gasteiger charge is 2.02. The Hall–Kier alpha value is -0.600. The van der Waals surface area contributed by atoms with E-state index in [1.165, 1.54) is 11.1 Å². The van der Waals surface area contributed by atoms with Gasteiger partial charge >= 0.3 is 0 Å². The Morgan fingerprint density at radius 2 is 1.93 bits per heavy atom. The quantitative estimate of drug-likeness (QED) is 0.717. The molecule has 0 atom stereocenters. The topological polar surface area (TPSA) is 0 Å². The zero-order chi connectivity index (χ0) is 9.97. The van der Waals surface area contributed by atoms with Crippen molar-refractivity contribution in [2.45, 2.75) is 0 Å². The lowest BCUT2D eigenvalue weighted by Crippen LogP contribution is -1.79. The van der Waals surface area contributed by atoms with Crippen LogP contribution in [0.4, 0.5) is 0 Å². The highest BCUT2D eigenvalue weighted by molar-refractivity contribution is 9.11. The Labute approximate surface area is 100 Å². The van der Waals surface area contributed by atoms with Crippen LogP contribution in [0.15, 0.2) is 51.4 Å². The summed E-state index contributed by atoms with van der Waals surface area (Å²) in [5, 5.41) is 0. The van der Waals surface area contributed by atoms with Gasteiger partial charge in [0.25, 0.3) is 0 Å². The maximum absolute atomic E-state index is 3.54. The number of rotatable bonds is 1. The SMILES string of the molecule is Brc1ccc(-c2c[c]ccc2)c(Br)c1.